The number of nitrogens with zero attached hydrogens (tertiary/aromatic N) is 1. The average molecular weight is 258 g/mol. The number of hydrogen-bond donors (Lipinski definition) is 2. The Balaban J connectivity index is 2.58. The molecule has 2 amide bonds. The van der Waals surface area contributed by atoms with Gasteiger partial charge in [-0.1, -0.05) is 0 Å². The van der Waals surface area contributed by atoms with E-state index < -0.39 is 18.1 Å². The molecule has 1 atom stereocenters. The van der Waals surface area contributed by atoms with Gasteiger partial charge in [-0.25, -0.2) is 9.59 Å². The van der Waals surface area contributed by atoms with Crippen LogP contribution in [0.15, 0.2) is 0 Å². The summed E-state index contributed by atoms with van der Waals surface area (Å²) in [6.45, 7) is 2.53. The van der Waals surface area contributed by atoms with Crippen LogP contribution in [0, 0.1) is 5.92 Å². The molecule has 0 aromatic carbocycles. The van der Waals surface area contributed by atoms with Crippen LogP contribution >= 0.6 is 0 Å². The van der Waals surface area contributed by atoms with Gasteiger partial charge in [0.15, 0.2) is 0 Å². The van der Waals surface area contributed by atoms with Gasteiger partial charge >= 0.3 is 12.1 Å². The monoisotopic (exact) mass is 258 g/mol. The van der Waals surface area contributed by atoms with E-state index in [2.05, 4.69) is 10.1 Å². The fraction of sp³-hybridized carbons (Fsp3) is 0.727. The molecule has 7 nitrogen and oxygen atoms in total. The molecule has 1 fully saturated rings. The van der Waals surface area contributed by atoms with E-state index in [0.29, 0.717) is 25.9 Å². The number of ether oxygens (including phenoxy) is 1. The van der Waals surface area contributed by atoms with Gasteiger partial charge in [-0.15, -0.1) is 0 Å². The Morgan fingerprint density at radius 1 is 1.33 bits per heavy atom. The average Bonchev–Trinajstić information content (AvgIpc) is 2.35. The second kappa shape index (κ2) is 6.23. The van der Waals surface area contributed by atoms with Gasteiger partial charge in [0.25, 0.3) is 0 Å². The minimum absolute atomic E-state index is 0.0127. The first-order valence-electron chi connectivity index (χ1n) is 5.78. The van der Waals surface area contributed by atoms with Crippen molar-refractivity contribution in [3.63, 3.8) is 0 Å². The van der Waals surface area contributed by atoms with Crippen LogP contribution in [0.1, 0.15) is 19.8 Å². The third-order valence-corrected chi connectivity index (χ3v) is 3.18. The van der Waals surface area contributed by atoms with Crippen LogP contribution in [0.2, 0.25) is 0 Å². The summed E-state index contributed by atoms with van der Waals surface area (Å²) in [6, 6.07) is -0.966. The molecule has 1 heterocycles. The maximum Gasteiger partial charge on any atom is 0.407 e. The number of alkyl carbamates (subject to hydrolysis) is 1. The van der Waals surface area contributed by atoms with Gasteiger partial charge in [0, 0.05) is 20.0 Å². The lowest BCUT2D eigenvalue weighted by atomic mass is 9.89. The van der Waals surface area contributed by atoms with Crippen LogP contribution in [0.3, 0.4) is 0 Å². The Bertz CT molecular complexity index is 336. The Hall–Kier alpha value is -1.79. The molecule has 0 saturated carbocycles. The number of carboxylic acid groups (broad SMARTS) is 1. The molecule has 2 N–H and O–H groups in total. The first-order valence-corrected chi connectivity index (χ1v) is 5.78. The van der Waals surface area contributed by atoms with Crippen molar-refractivity contribution >= 4 is 18.0 Å². The summed E-state index contributed by atoms with van der Waals surface area (Å²) >= 11 is 0. The third-order valence-electron chi connectivity index (χ3n) is 3.18. The van der Waals surface area contributed by atoms with E-state index in [9.17, 15) is 14.4 Å². The van der Waals surface area contributed by atoms with Gasteiger partial charge in [-0.3, -0.25) is 4.79 Å². The molecule has 1 rings (SSSR count). The summed E-state index contributed by atoms with van der Waals surface area (Å²) in [5.74, 6) is -1.28. The molecule has 0 aliphatic carbocycles. The number of hydrogen-bond acceptors (Lipinski definition) is 4. The molecule has 0 aromatic heterocycles. The van der Waals surface area contributed by atoms with Crippen molar-refractivity contribution in [1.29, 1.82) is 0 Å². The number of methoxy groups -OCH3 is 1. The Labute approximate surface area is 105 Å². The predicted octanol–water partition coefficient (Wildman–Crippen LogP) is 0.0541. The number of rotatable bonds is 3. The van der Waals surface area contributed by atoms with E-state index in [4.69, 9.17) is 5.11 Å². The molecule has 0 spiro atoms. The van der Waals surface area contributed by atoms with Crippen molar-refractivity contribution in [1.82, 2.24) is 10.2 Å². The second-order valence-corrected chi connectivity index (χ2v) is 4.30. The molecule has 1 aliphatic heterocycles. The lowest BCUT2D eigenvalue weighted by Gasteiger charge is -2.34. The van der Waals surface area contributed by atoms with E-state index in [0.717, 1.165) is 0 Å². The van der Waals surface area contributed by atoms with Crippen LogP contribution < -0.4 is 5.32 Å². The molecule has 0 bridgehead atoms. The van der Waals surface area contributed by atoms with E-state index in [1.54, 1.807) is 4.90 Å². The maximum atomic E-state index is 11.2. The minimum Gasteiger partial charge on any atom is -0.480 e. The van der Waals surface area contributed by atoms with E-state index in [-0.39, 0.29) is 11.8 Å². The number of likely N-dealkylation sites (tertiary alicyclic amines) is 1. The summed E-state index contributed by atoms with van der Waals surface area (Å²) in [7, 11) is 1.19. The fourth-order valence-electron chi connectivity index (χ4n) is 2.11. The summed E-state index contributed by atoms with van der Waals surface area (Å²) in [5, 5.41) is 11.4. The molecule has 0 radical (unpaired) electrons. The number of piperidine rings is 1. The van der Waals surface area contributed by atoms with Crippen molar-refractivity contribution < 1.29 is 24.2 Å². The van der Waals surface area contributed by atoms with Crippen molar-refractivity contribution in [3.05, 3.63) is 0 Å². The molecule has 102 valence electrons. The predicted molar refractivity (Wildman–Crippen MR) is 61.9 cm³/mol. The van der Waals surface area contributed by atoms with Crippen LogP contribution in [-0.4, -0.2) is 54.2 Å². The highest BCUT2D eigenvalue weighted by molar-refractivity contribution is 5.80. The van der Waals surface area contributed by atoms with Crippen LogP contribution in [0.25, 0.3) is 0 Å². The topological polar surface area (TPSA) is 95.9 Å². The smallest absolute Gasteiger partial charge is 0.407 e. The normalized spacial score (nSPS) is 18.0. The van der Waals surface area contributed by atoms with Gasteiger partial charge in [0.2, 0.25) is 5.91 Å². The second-order valence-electron chi connectivity index (χ2n) is 4.30. The first kappa shape index (κ1) is 14.3. The lowest BCUT2D eigenvalue weighted by molar-refractivity contribution is -0.141. The van der Waals surface area contributed by atoms with Crippen molar-refractivity contribution in [3.8, 4) is 0 Å². The summed E-state index contributed by atoms with van der Waals surface area (Å²) < 4.78 is 4.40. The summed E-state index contributed by atoms with van der Waals surface area (Å²) in [6.07, 6.45) is 0.359. The van der Waals surface area contributed by atoms with Crippen molar-refractivity contribution in [2.45, 2.75) is 25.8 Å². The van der Waals surface area contributed by atoms with Gasteiger partial charge in [-0.2, -0.15) is 0 Å². The zero-order valence-electron chi connectivity index (χ0n) is 10.5. The van der Waals surface area contributed by atoms with Crippen LogP contribution in [-0.2, 0) is 14.3 Å². The number of nitrogens with one attached hydrogen (secondary N) is 1. The quantitative estimate of drug-likeness (QED) is 0.746. The van der Waals surface area contributed by atoms with E-state index in [1.807, 2.05) is 0 Å². The largest absolute Gasteiger partial charge is 0.480 e. The van der Waals surface area contributed by atoms with Gasteiger partial charge in [0.1, 0.15) is 6.04 Å². The standard InChI is InChI=1S/C11H18N2O5/c1-7(14)13-5-3-8(4-6-13)9(10(15)16)12-11(17)18-2/h8-9H,3-6H2,1-2H3,(H,12,17)(H,15,16)/t9-/m0/s1. The van der Waals surface area contributed by atoms with E-state index >= 15 is 0 Å². The molecule has 0 unspecified atom stereocenters. The van der Waals surface area contributed by atoms with Gasteiger partial charge in [-0.05, 0) is 18.8 Å². The Kier molecular flexibility index (Phi) is 4.94. The van der Waals surface area contributed by atoms with Crippen molar-refractivity contribution in [2.24, 2.45) is 5.92 Å². The number of aliphatic carboxylic acids is 1. The Morgan fingerprint density at radius 3 is 2.28 bits per heavy atom. The number of amides is 2. The molecular weight excluding hydrogens is 240 g/mol. The molecule has 7 heteroatoms. The third kappa shape index (κ3) is 3.61. The zero-order chi connectivity index (χ0) is 13.7. The fourth-order valence-corrected chi connectivity index (χ4v) is 2.11. The maximum absolute atomic E-state index is 11.2. The van der Waals surface area contributed by atoms with E-state index in [1.165, 1.54) is 14.0 Å². The molecular formula is C11H18N2O5. The molecule has 1 saturated heterocycles. The molecule has 1 aliphatic rings. The summed E-state index contributed by atoms with van der Waals surface area (Å²) in [4.78, 5) is 35.0. The Morgan fingerprint density at radius 2 is 1.89 bits per heavy atom. The van der Waals surface area contributed by atoms with Gasteiger partial charge < -0.3 is 20.1 Å². The molecule has 0 aromatic rings. The first-order chi connectivity index (χ1) is 8.45. The van der Waals surface area contributed by atoms with Crippen molar-refractivity contribution in [2.75, 3.05) is 20.2 Å². The van der Waals surface area contributed by atoms with Crippen LogP contribution in [0.5, 0.6) is 0 Å². The summed E-state index contributed by atoms with van der Waals surface area (Å²) in [5.41, 5.74) is 0. The highest BCUT2D eigenvalue weighted by Crippen LogP contribution is 2.21. The number of carbonyl (C=O) groups is 3. The van der Waals surface area contributed by atoms with Gasteiger partial charge in [0.05, 0.1) is 7.11 Å². The SMILES string of the molecule is COC(=O)N[C@H](C(=O)O)C1CCN(C(C)=O)CC1. The lowest BCUT2D eigenvalue weighted by Crippen LogP contribution is -2.50. The number of carboxylic acids is 1. The number of carbonyl (C=O) groups excluding carboxylic acids is 2. The zero-order valence-corrected chi connectivity index (χ0v) is 10.5. The van der Waals surface area contributed by atoms with Crippen LogP contribution in [0.4, 0.5) is 4.79 Å². The highest BCUT2D eigenvalue weighted by atomic mass is 16.5. The highest BCUT2D eigenvalue weighted by Gasteiger charge is 2.33. The minimum atomic E-state index is -1.08. The molecule has 18 heavy (non-hydrogen) atoms.